The summed E-state index contributed by atoms with van der Waals surface area (Å²) < 4.78 is 13.2. The number of carbonyl (C=O) groups is 2. The van der Waals surface area contributed by atoms with Crippen LogP contribution in [0.25, 0.3) is 0 Å². The van der Waals surface area contributed by atoms with E-state index in [0.717, 1.165) is 11.1 Å². The Hall–Kier alpha value is -3.44. The topological polar surface area (TPSA) is 57.6 Å². The van der Waals surface area contributed by atoms with Gasteiger partial charge in [-0.25, -0.2) is 4.39 Å². The number of benzene rings is 3. The van der Waals surface area contributed by atoms with Gasteiger partial charge in [0.25, 0.3) is 5.91 Å². The molecule has 33 heavy (non-hydrogen) atoms. The molecule has 0 saturated heterocycles. The lowest BCUT2D eigenvalue weighted by molar-refractivity contribution is -0.129. The largest absolute Gasteiger partial charge is 0.503 e. The number of nitrogens with zero attached hydrogens (tertiary/aromatic N) is 1. The van der Waals surface area contributed by atoms with Gasteiger partial charge in [0.2, 0.25) is 0 Å². The van der Waals surface area contributed by atoms with Crippen molar-refractivity contribution in [1.82, 2.24) is 4.90 Å². The molecular formula is C27H23ClFNO3. The van der Waals surface area contributed by atoms with Crippen LogP contribution in [0.1, 0.15) is 29.2 Å². The molecular weight excluding hydrogens is 441 g/mol. The van der Waals surface area contributed by atoms with E-state index in [0.29, 0.717) is 23.4 Å². The van der Waals surface area contributed by atoms with E-state index in [1.54, 1.807) is 36.4 Å². The van der Waals surface area contributed by atoms with Gasteiger partial charge in [-0.05, 0) is 53.8 Å². The summed E-state index contributed by atoms with van der Waals surface area (Å²) in [5, 5.41) is 11.2. The number of Topliss-reactive ketones (excluding diaryl/α,β-unsaturated/α-hetero) is 1. The molecule has 0 fully saturated rings. The zero-order valence-corrected chi connectivity index (χ0v) is 18.6. The van der Waals surface area contributed by atoms with Crippen LogP contribution in [0.4, 0.5) is 4.39 Å². The molecule has 3 aromatic carbocycles. The van der Waals surface area contributed by atoms with Crippen LogP contribution in [0.5, 0.6) is 0 Å². The summed E-state index contributed by atoms with van der Waals surface area (Å²) in [5.41, 5.74) is 2.66. The lowest BCUT2D eigenvalue weighted by Gasteiger charge is -2.27. The first-order valence-corrected chi connectivity index (χ1v) is 11.1. The Labute approximate surface area is 196 Å². The standard InChI is InChI=1S/C27H23ClFNO3/c28-21-11-9-20(10-12-21)25-24(23(31)15-8-18-4-2-1-3-5-18)26(32)27(33)30(25)17-16-19-6-13-22(29)14-7-19/h1-7,9-14,25,32H,8,15-17H2. The molecule has 0 bridgehead atoms. The van der Waals surface area contributed by atoms with Crippen LogP contribution in [-0.4, -0.2) is 28.2 Å². The molecule has 4 nitrogen and oxygen atoms in total. The van der Waals surface area contributed by atoms with Crippen LogP contribution < -0.4 is 0 Å². The van der Waals surface area contributed by atoms with Gasteiger partial charge < -0.3 is 10.0 Å². The third-order valence-corrected chi connectivity index (χ3v) is 6.08. The van der Waals surface area contributed by atoms with Crippen molar-refractivity contribution in [2.45, 2.75) is 25.3 Å². The number of amides is 1. The van der Waals surface area contributed by atoms with E-state index in [9.17, 15) is 19.1 Å². The van der Waals surface area contributed by atoms with Gasteiger partial charge in [0.05, 0.1) is 11.6 Å². The maximum Gasteiger partial charge on any atom is 0.290 e. The van der Waals surface area contributed by atoms with Gasteiger partial charge in [0, 0.05) is 18.0 Å². The highest BCUT2D eigenvalue weighted by molar-refractivity contribution is 6.30. The summed E-state index contributed by atoms with van der Waals surface area (Å²) in [6.07, 6.45) is 1.13. The second-order valence-electron chi connectivity index (χ2n) is 8.00. The van der Waals surface area contributed by atoms with Crippen molar-refractivity contribution < 1.29 is 19.1 Å². The maximum atomic E-state index is 13.2. The van der Waals surface area contributed by atoms with Crippen LogP contribution >= 0.6 is 11.6 Å². The van der Waals surface area contributed by atoms with Gasteiger partial charge in [0.15, 0.2) is 11.5 Å². The molecule has 0 radical (unpaired) electrons. The summed E-state index contributed by atoms with van der Waals surface area (Å²) in [6.45, 7) is 0.261. The van der Waals surface area contributed by atoms with Gasteiger partial charge in [-0.15, -0.1) is 0 Å². The van der Waals surface area contributed by atoms with E-state index >= 15 is 0 Å². The minimum atomic E-state index is -0.710. The number of aliphatic hydroxyl groups is 1. The lowest BCUT2D eigenvalue weighted by Crippen LogP contribution is -2.33. The van der Waals surface area contributed by atoms with Crippen molar-refractivity contribution in [3.63, 3.8) is 0 Å². The van der Waals surface area contributed by atoms with E-state index in [4.69, 9.17) is 11.6 Å². The van der Waals surface area contributed by atoms with Crippen molar-refractivity contribution in [2.75, 3.05) is 6.54 Å². The smallest absolute Gasteiger partial charge is 0.290 e. The van der Waals surface area contributed by atoms with Crippen molar-refractivity contribution in [1.29, 1.82) is 0 Å². The molecule has 0 saturated carbocycles. The minimum absolute atomic E-state index is 0.109. The molecule has 4 rings (SSSR count). The molecule has 3 aromatic rings. The first kappa shape index (κ1) is 22.7. The molecule has 1 heterocycles. The number of ketones is 1. The second kappa shape index (κ2) is 10.0. The zero-order valence-electron chi connectivity index (χ0n) is 17.9. The van der Waals surface area contributed by atoms with Crippen molar-refractivity contribution >= 4 is 23.3 Å². The van der Waals surface area contributed by atoms with Gasteiger partial charge in [-0.1, -0.05) is 66.2 Å². The number of aliphatic hydroxyl groups excluding tert-OH is 1. The Balaban J connectivity index is 1.60. The van der Waals surface area contributed by atoms with Crippen molar-refractivity contribution in [3.05, 3.63) is 118 Å². The molecule has 1 aliphatic rings. The molecule has 168 valence electrons. The van der Waals surface area contributed by atoms with Crippen molar-refractivity contribution in [2.24, 2.45) is 0 Å². The fourth-order valence-corrected chi connectivity index (χ4v) is 4.22. The quantitative estimate of drug-likeness (QED) is 0.471. The number of hydrogen-bond donors (Lipinski definition) is 1. The number of rotatable bonds is 8. The minimum Gasteiger partial charge on any atom is -0.503 e. The molecule has 6 heteroatoms. The summed E-state index contributed by atoms with van der Waals surface area (Å²) in [4.78, 5) is 27.7. The zero-order chi connectivity index (χ0) is 23.4. The Morgan fingerprint density at radius 2 is 1.55 bits per heavy atom. The van der Waals surface area contributed by atoms with E-state index in [2.05, 4.69) is 0 Å². The van der Waals surface area contributed by atoms with Crippen LogP contribution in [-0.2, 0) is 22.4 Å². The van der Waals surface area contributed by atoms with E-state index in [1.165, 1.54) is 17.0 Å². The average molecular weight is 464 g/mol. The van der Waals surface area contributed by atoms with Crippen LogP contribution in [0, 0.1) is 5.82 Å². The van der Waals surface area contributed by atoms with E-state index in [-0.39, 0.29) is 30.1 Å². The Morgan fingerprint density at radius 3 is 2.21 bits per heavy atom. The summed E-state index contributed by atoms with van der Waals surface area (Å²) in [5.74, 6) is -1.69. The van der Waals surface area contributed by atoms with Gasteiger partial charge in [-0.3, -0.25) is 9.59 Å². The van der Waals surface area contributed by atoms with E-state index < -0.39 is 17.7 Å². The predicted molar refractivity (Wildman–Crippen MR) is 125 cm³/mol. The maximum absolute atomic E-state index is 13.2. The molecule has 1 unspecified atom stereocenters. The Morgan fingerprint density at radius 1 is 0.909 bits per heavy atom. The average Bonchev–Trinajstić information content (AvgIpc) is 3.08. The number of aryl methyl sites for hydroxylation is 1. The highest BCUT2D eigenvalue weighted by Gasteiger charge is 2.42. The predicted octanol–water partition coefficient (Wildman–Crippen LogP) is 5.62. The summed E-state index contributed by atoms with van der Waals surface area (Å²) >= 11 is 6.04. The molecule has 1 aliphatic heterocycles. The van der Waals surface area contributed by atoms with E-state index in [1.807, 2.05) is 30.3 Å². The summed E-state index contributed by atoms with van der Waals surface area (Å²) in [6, 6.07) is 21.8. The first-order valence-electron chi connectivity index (χ1n) is 10.7. The van der Waals surface area contributed by atoms with Crippen LogP contribution in [0.3, 0.4) is 0 Å². The lowest BCUT2D eigenvalue weighted by atomic mass is 9.93. The highest BCUT2D eigenvalue weighted by atomic mass is 35.5. The molecule has 0 aliphatic carbocycles. The molecule has 0 aromatic heterocycles. The SMILES string of the molecule is O=C(CCc1ccccc1)C1=C(O)C(=O)N(CCc2ccc(F)cc2)C1c1ccc(Cl)cc1. The number of halogens is 2. The third-order valence-electron chi connectivity index (χ3n) is 5.83. The number of hydrogen-bond acceptors (Lipinski definition) is 3. The number of carbonyl (C=O) groups excluding carboxylic acids is 2. The van der Waals surface area contributed by atoms with Gasteiger partial charge in [-0.2, -0.15) is 0 Å². The monoisotopic (exact) mass is 463 g/mol. The Bertz CT molecular complexity index is 1170. The normalized spacial score (nSPS) is 15.9. The summed E-state index contributed by atoms with van der Waals surface area (Å²) in [7, 11) is 0. The molecule has 1 amide bonds. The molecule has 1 atom stereocenters. The second-order valence-corrected chi connectivity index (χ2v) is 8.44. The molecule has 1 N–H and O–H groups in total. The Kier molecular flexibility index (Phi) is 6.90. The first-order chi connectivity index (χ1) is 15.9. The fraction of sp³-hybridized carbons (Fsp3) is 0.185. The van der Waals surface area contributed by atoms with Crippen molar-refractivity contribution in [3.8, 4) is 0 Å². The van der Waals surface area contributed by atoms with Crippen LogP contribution in [0.15, 0.2) is 90.2 Å². The third kappa shape index (κ3) is 5.15. The van der Waals surface area contributed by atoms with Gasteiger partial charge >= 0.3 is 0 Å². The fourth-order valence-electron chi connectivity index (χ4n) is 4.10. The van der Waals surface area contributed by atoms with Gasteiger partial charge in [0.1, 0.15) is 5.82 Å². The highest BCUT2D eigenvalue weighted by Crippen LogP contribution is 2.38. The van der Waals surface area contributed by atoms with Crippen LogP contribution in [0.2, 0.25) is 5.02 Å². The molecule has 0 spiro atoms.